The fraction of sp³-hybridized carbons (Fsp3) is 0.368. The molecule has 1 aliphatic carbocycles. The lowest BCUT2D eigenvalue weighted by atomic mass is 10.0. The molecule has 1 atom stereocenters. The highest BCUT2D eigenvalue weighted by Gasteiger charge is 2.35. The van der Waals surface area contributed by atoms with E-state index >= 15 is 0 Å². The minimum atomic E-state index is -4.55. The van der Waals surface area contributed by atoms with E-state index in [9.17, 15) is 13.2 Å². The monoisotopic (exact) mass is 360 g/mol. The maximum absolute atomic E-state index is 13.3. The minimum absolute atomic E-state index is 0.0198. The number of benzene rings is 1. The van der Waals surface area contributed by atoms with E-state index in [1.807, 2.05) is 29.5 Å². The van der Waals surface area contributed by atoms with E-state index in [2.05, 4.69) is 4.98 Å². The lowest BCUT2D eigenvalue weighted by molar-refractivity contribution is -0.137. The van der Waals surface area contributed by atoms with Gasteiger partial charge in [0.1, 0.15) is 0 Å². The molecule has 0 spiro atoms. The van der Waals surface area contributed by atoms with E-state index in [1.165, 1.54) is 6.07 Å². The fourth-order valence-corrected chi connectivity index (χ4v) is 3.65. The van der Waals surface area contributed by atoms with Crippen LogP contribution in [0, 0.1) is 11.3 Å². The second kappa shape index (κ2) is 6.87. The molecule has 1 unspecified atom stereocenters. The number of halogens is 3. The largest absolute Gasteiger partial charge is 0.417 e. The van der Waals surface area contributed by atoms with Gasteiger partial charge < -0.3 is 9.47 Å². The van der Waals surface area contributed by atoms with Crippen LogP contribution in [-0.4, -0.2) is 22.1 Å². The van der Waals surface area contributed by atoms with Gasteiger partial charge in [-0.25, -0.2) is 4.98 Å². The number of hydrogen-bond donors (Lipinski definition) is 0. The molecule has 0 saturated heterocycles. The lowest BCUT2D eigenvalue weighted by Gasteiger charge is -2.32. The molecule has 1 heterocycles. The predicted octanol–water partition coefficient (Wildman–Crippen LogP) is 4.69. The van der Waals surface area contributed by atoms with Crippen LogP contribution in [0.3, 0.4) is 0 Å². The number of likely N-dealkylation sites (N-methyl/N-ethyl adjacent to an activating group) is 1. The van der Waals surface area contributed by atoms with Crippen molar-refractivity contribution in [1.82, 2.24) is 9.55 Å². The zero-order chi connectivity index (χ0) is 18.9. The van der Waals surface area contributed by atoms with E-state index in [4.69, 9.17) is 5.26 Å². The highest BCUT2D eigenvalue weighted by molar-refractivity contribution is 5.62. The molecule has 1 aromatic heterocycles. The van der Waals surface area contributed by atoms with E-state index in [0.29, 0.717) is 12.2 Å². The number of hydrogen-bond acceptors (Lipinski definition) is 3. The van der Waals surface area contributed by atoms with Crippen LogP contribution in [0.2, 0.25) is 0 Å². The van der Waals surface area contributed by atoms with Crippen LogP contribution in [0.15, 0.2) is 42.5 Å². The quantitative estimate of drug-likeness (QED) is 0.794. The number of allylic oxidation sites excluding steroid dienone is 1. The molecular weight excluding hydrogens is 341 g/mol. The molecule has 0 saturated carbocycles. The van der Waals surface area contributed by atoms with Crippen LogP contribution >= 0.6 is 0 Å². The van der Waals surface area contributed by atoms with Gasteiger partial charge in [0.25, 0.3) is 0 Å². The Morgan fingerprint density at radius 1 is 1.38 bits per heavy atom. The van der Waals surface area contributed by atoms with Crippen molar-refractivity contribution >= 4 is 11.4 Å². The number of nitrogens with zero attached hydrogens (tertiary/aromatic N) is 4. The first kappa shape index (κ1) is 18.1. The number of anilines is 1. The number of rotatable bonds is 4. The first-order valence-electron chi connectivity index (χ1n) is 8.42. The molecule has 0 bridgehead atoms. The highest BCUT2D eigenvalue weighted by atomic mass is 19.4. The maximum Gasteiger partial charge on any atom is 0.417 e. The summed E-state index contributed by atoms with van der Waals surface area (Å²) in [6.07, 6.45) is 2.44. The van der Waals surface area contributed by atoms with Crippen LogP contribution in [-0.2, 0) is 6.18 Å². The fourth-order valence-electron chi connectivity index (χ4n) is 3.65. The van der Waals surface area contributed by atoms with Crippen LogP contribution in [0.5, 0.6) is 0 Å². The number of alkyl halides is 3. The van der Waals surface area contributed by atoms with Crippen LogP contribution in [0.1, 0.15) is 37.8 Å². The SMILES string of the molecule is CCN(c1ccc(C#N)c(C(F)(F)F)c1)C1CCC(n2ccnc2)=C1C. The molecule has 0 radical (unpaired) electrons. The molecule has 1 aromatic carbocycles. The van der Waals surface area contributed by atoms with Gasteiger partial charge in [0, 0.05) is 30.3 Å². The first-order valence-corrected chi connectivity index (χ1v) is 8.42. The molecule has 4 nitrogen and oxygen atoms in total. The maximum atomic E-state index is 13.3. The molecule has 0 N–H and O–H groups in total. The summed E-state index contributed by atoms with van der Waals surface area (Å²) in [7, 11) is 0. The Kier molecular flexibility index (Phi) is 4.77. The third kappa shape index (κ3) is 3.19. The van der Waals surface area contributed by atoms with Crippen LogP contribution in [0.25, 0.3) is 5.70 Å². The summed E-state index contributed by atoms with van der Waals surface area (Å²) in [6, 6.07) is 5.59. The van der Waals surface area contributed by atoms with Gasteiger partial charge in [-0.05, 0) is 50.5 Å². The zero-order valence-electron chi connectivity index (χ0n) is 14.6. The highest BCUT2D eigenvalue weighted by Crippen LogP contribution is 2.38. The Labute approximate surface area is 150 Å². The van der Waals surface area contributed by atoms with Crippen molar-refractivity contribution in [3.63, 3.8) is 0 Å². The molecule has 3 rings (SSSR count). The summed E-state index contributed by atoms with van der Waals surface area (Å²) >= 11 is 0. The molecule has 7 heteroatoms. The minimum Gasteiger partial charge on any atom is -0.365 e. The molecule has 0 fully saturated rings. The third-order valence-electron chi connectivity index (χ3n) is 4.90. The molecule has 26 heavy (non-hydrogen) atoms. The summed E-state index contributed by atoms with van der Waals surface area (Å²) in [5, 5.41) is 8.98. The number of nitriles is 1. The third-order valence-corrected chi connectivity index (χ3v) is 4.90. The van der Waals surface area contributed by atoms with Gasteiger partial charge in [-0.2, -0.15) is 18.4 Å². The predicted molar refractivity (Wildman–Crippen MR) is 93.3 cm³/mol. The molecule has 0 amide bonds. The Bertz CT molecular complexity index is 860. The van der Waals surface area contributed by atoms with Crippen LogP contribution < -0.4 is 4.90 Å². The Morgan fingerprint density at radius 2 is 2.15 bits per heavy atom. The van der Waals surface area contributed by atoms with Gasteiger partial charge in [-0.15, -0.1) is 0 Å². The van der Waals surface area contributed by atoms with Gasteiger partial charge in [0.05, 0.1) is 29.6 Å². The summed E-state index contributed by atoms with van der Waals surface area (Å²) in [4.78, 5) is 6.03. The number of imidazole rings is 1. The van der Waals surface area contributed by atoms with E-state index in [-0.39, 0.29) is 11.6 Å². The normalized spacial score (nSPS) is 17.5. The van der Waals surface area contributed by atoms with Crippen molar-refractivity contribution in [2.75, 3.05) is 11.4 Å². The second-order valence-electron chi connectivity index (χ2n) is 6.28. The smallest absolute Gasteiger partial charge is 0.365 e. The van der Waals surface area contributed by atoms with Crippen molar-refractivity contribution in [3.8, 4) is 6.07 Å². The molecule has 1 aliphatic rings. The van der Waals surface area contributed by atoms with E-state index in [0.717, 1.165) is 30.2 Å². The van der Waals surface area contributed by atoms with E-state index in [1.54, 1.807) is 24.7 Å². The Morgan fingerprint density at radius 3 is 2.73 bits per heavy atom. The number of aromatic nitrogens is 2. The van der Waals surface area contributed by atoms with Crippen LogP contribution in [0.4, 0.5) is 18.9 Å². The van der Waals surface area contributed by atoms with Gasteiger partial charge >= 0.3 is 6.18 Å². The topological polar surface area (TPSA) is 44.9 Å². The van der Waals surface area contributed by atoms with E-state index < -0.39 is 11.7 Å². The van der Waals surface area contributed by atoms with Gasteiger partial charge in [0.2, 0.25) is 0 Å². The van der Waals surface area contributed by atoms with Crippen molar-refractivity contribution in [2.24, 2.45) is 0 Å². The Hall–Kier alpha value is -2.75. The standard InChI is InChI=1S/C19H19F3N4/c1-3-26(15-5-4-14(11-23)16(10-15)19(20,21)22)18-7-6-17(13(18)2)25-9-8-24-12-25/h4-5,8-10,12,18H,3,6-7H2,1-2H3. The van der Waals surface area contributed by atoms with Crippen molar-refractivity contribution < 1.29 is 13.2 Å². The van der Waals surface area contributed by atoms with Gasteiger partial charge in [-0.3, -0.25) is 0 Å². The molecule has 136 valence electrons. The lowest BCUT2D eigenvalue weighted by Crippen LogP contribution is -2.34. The molecular formula is C19H19F3N4. The average Bonchev–Trinajstić information content (AvgIpc) is 3.25. The molecule has 2 aromatic rings. The van der Waals surface area contributed by atoms with Crippen molar-refractivity contribution in [1.29, 1.82) is 5.26 Å². The van der Waals surface area contributed by atoms with Gasteiger partial charge in [0.15, 0.2) is 0 Å². The first-order chi connectivity index (χ1) is 12.4. The average molecular weight is 360 g/mol. The Balaban J connectivity index is 1.99. The van der Waals surface area contributed by atoms with Crippen molar-refractivity contribution in [3.05, 3.63) is 53.6 Å². The summed E-state index contributed by atoms with van der Waals surface area (Å²) in [5.74, 6) is 0. The summed E-state index contributed by atoms with van der Waals surface area (Å²) < 4.78 is 41.8. The van der Waals surface area contributed by atoms with Gasteiger partial charge in [-0.1, -0.05) is 0 Å². The zero-order valence-corrected chi connectivity index (χ0v) is 14.6. The summed E-state index contributed by atoms with van der Waals surface area (Å²) in [5.41, 5.74) is 1.51. The second-order valence-corrected chi connectivity index (χ2v) is 6.28. The molecule has 0 aliphatic heterocycles. The summed E-state index contributed by atoms with van der Waals surface area (Å²) in [6.45, 7) is 4.51. The van der Waals surface area contributed by atoms with Crippen molar-refractivity contribution in [2.45, 2.75) is 38.9 Å².